The lowest BCUT2D eigenvalue weighted by Gasteiger charge is -2.27. The highest BCUT2D eigenvalue weighted by Gasteiger charge is 2.22. The minimum absolute atomic E-state index is 0.0897. The van der Waals surface area contributed by atoms with E-state index in [1.54, 1.807) is 0 Å². The highest BCUT2D eigenvalue weighted by Crippen LogP contribution is 2.44. The summed E-state index contributed by atoms with van der Waals surface area (Å²) in [6.45, 7) is 16.4. The average molecular weight is 677 g/mol. The highest BCUT2D eigenvalue weighted by atomic mass is 16.5. The standard InChI is InChI=1S/C41H52N6O3/c1-8-12-39(48)47(28(6)11-4)25-38-44-24-36(45-38)30-13-15-32-31(21-30)26-50-37-23-33-29(22-34(32)37)14-16-35(41(33)42-7)43-17-19-46(18-9-2)40(49)20-27(5)10-3/h13-17,21-24,28,42H,5,8-12,18-20,25-26H2,1-4,6-7H3,(H,44,45)/t28-/m0/s1. The third kappa shape index (κ3) is 8.09. The van der Waals surface area contributed by atoms with Crippen molar-refractivity contribution in [1.82, 2.24) is 19.8 Å². The van der Waals surface area contributed by atoms with Crippen molar-refractivity contribution < 1.29 is 14.3 Å². The van der Waals surface area contributed by atoms with E-state index in [4.69, 9.17) is 9.73 Å². The van der Waals surface area contributed by atoms with Gasteiger partial charge < -0.3 is 24.8 Å². The van der Waals surface area contributed by atoms with Gasteiger partial charge in [-0.2, -0.15) is 0 Å². The second kappa shape index (κ2) is 16.7. The maximum Gasteiger partial charge on any atom is 0.226 e. The van der Waals surface area contributed by atoms with E-state index in [1.807, 2.05) is 49.2 Å². The molecule has 5 rings (SSSR count). The molecule has 0 saturated carbocycles. The molecule has 1 atom stereocenters. The topological polar surface area (TPSA) is 103 Å². The van der Waals surface area contributed by atoms with E-state index in [-0.39, 0.29) is 17.9 Å². The molecule has 1 aliphatic heterocycles. The van der Waals surface area contributed by atoms with Crippen LogP contribution in [0.4, 0.5) is 11.4 Å². The normalized spacial score (nSPS) is 12.7. The molecule has 2 heterocycles. The van der Waals surface area contributed by atoms with Crippen LogP contribution in [-0.4, -0.2) is 64.0 Å². The fourth-order valence-corrected chi connectivity index (χ4v) is 6.43. The number of fused-ring (bicyclic) bond motifs is 4. The van der Waals surface area contributed by atoms with Gasteiger partial charge in [-0.05, 0) is 78.9 Å². The van der Waals surface area contributed by atoms with Crippen LogP contribution in [0.2, 0.25) is 0 Å². The summed E-state index contributed by atoms with van der Waals surface area (Å²) >= 11 is 0. The van der Waals surface area contributed by atoms with Gasteiger partial charge in [0.2, 0.25) is 11.8 Å². The minimum Gasteiger partial charge on any atom is -0.488 e. The van der Waals surface area contributed by atoms with Gasteiger partial charge in [-0.1, -0.05) is 58.0 Å². The molecular formula is C41H52N6O3. The Bertz CT molecular complexity index is 1880. The Morgan fingerprint density at radius 1 is 1.08 bits per heavy atom. The first kappa shape index (κ1) is 36.4. The molecule has 1 aliphatic rings. The van der Waals surface area contributed by atoms with Gasteiger partial charge in [0, 0.05) is 49.6 Å². The number of nitrogens with zero attached hydrogens (tertiary/aromatic N) is 4. The zero-order valence-corrected chi connectivity index (χ0v) is 30.6. The van der Waals surface area contributed by atoms with E-state index in [9.17, 15) is 9.59 Å². The fraction of sp³-hybridized carbons (Fsp3) is 0.415. The average Bonchev–Trinajstić information content (AvgIpc) is 3.60. The number of hydrogen-bond acceptors (Lipinski definition) is 6. The molecule has 4 aromatic rings. The van der Waals surface area contributed by atoms with Gasteiger partial charge in [0.15, 0.2) is 0 Å². The van der Waals surface area contributed by atoms with Crippen LogP contribution >= 0.6 is 0 Å². The largest absolute Gasteiger partial charge is 0.488 e. The molecule has 50 heavy (non-hydrogen) atoms. The number of carbonyl (C=O) groups is 2. The van der Waals surface area contributed by atoms with Gasteiger partial charge in [-0.15, -0.1) is 0 Å². The van der Waals surface area contributed by atoms with Gasteiger partial charge in [0.05, 0.1) is 36.4 Å². The van der Waals surface area contributed by atoms with Gasteiger partial charge >= 0.3 is 0 Å². The molecule has 0 aliphatic carbocycles. The molecule has 0 radical (unpaired) electrons. The number of amides is 2. The number of H-pyrrole nitrogens is 1. The lowest BCUT2D eigenvalue weighted by molar-refractivity contribution is -0.134. The number of hydrogen-bond donors (Lipinski definition) is 2. The van der Waals surface area contributed by atoms with Crippen LogP contribution in [-0.2, 0) is 22.7 Å². The van der Waals surface area contributed by atoms with Gasteiger partial charge in [-0.3, -0.25) is 14.6 Å². The highest BCUT2D eigenvalue weighted by molar-refractivity contribution is 6.03. The van der Waals surface area contributed by atoms with Crippen molar-refractivity contribution in [3.8, 4) is 28.1 Å². The number of anilines is 1. The fourth-order valence-electron chi connectivity index (χ4n) is 6.43. The summed E-state index contributed by atoms with van der Waals surface area (Å²) in [5.41, 5.74) is 7.91. The number of benzene rings is 3. The summed E-state index contributed by atoms with van der Waals surface area (Å²) < 4.78 is 6.35. The molecule has 9 nitrogen and oxygen atoms in total. The van der Waals surface area contributed by atoms with E-state index in [0.717, 1.165) is 92.9 Å². The Kier molecular flexibility index (Phi) is 12.1. The Hall–Kier alpha value is -4.92. The molecule has 0 bridgehead atoms. The molecule has 9 heteroatoms. The molecule has 2 amide bonds. The molecule has 1 aromatic heterocycles. The zero-order chi connectivity index (χ0) is 35.8. The van der Waals surface area contributed by atoms with Crippen molar-refractivity contribution in [2.45, 2.75) is 92.3 Å². The van der Waals surface area contributed by atoms with Crippen LogP contribution in [0.15, 0.2) is 65.8 Å². The zero-order valence-electron chi connectivity index (χ0n) is 30.6. The third-order valence-electron chi connectivity index (χ3n) is 9.57. The van der Waals surface area contributed by atoms with Crippen LogP contribution in [0.5, 0.6) is 5.75 Å². The first-order valence-corrected chi connectivity index (χ1v) is 18.1. The number of rotatable bonds is 16. The summed E-state index contributed by atoms with van der Waals surface area (Å²) in [7, 11) is 1.90. The SMILES string of the molecule is C=C(CC)CC(=O)N(CC=Nc1ccc2cc3c(cc2c1NC)OCc1cc(-c2cnc(CN(C(=O)CCC)[C@@H](C)CC)[nH]2)ccc1-3)CCC. The molecule has 0 unspecified atom stereocenters. The van der Waals surface area contributed by atoms with Crippen molar-refractivity contribution in [2.24, 2.45) is 4.99 Å². The Balaban J connectivity index is 1.37. The molecule has 0 fully saturated rings. The maximum absolute atomic E-state index is 12.8. The van der Waals surface area contributed by atoms with E-state index in [2.05, 4.69) is 79.0 Å². The summed E-state index contributed by atoms with van der Waals surface area (Å²) in [5.74, 6) is 1.87. The van der Waals surface area contributed by atoms with Crippen molar-refractivity contribution >= 4 is 40.2 Å². The van der Waals surface area contributed by atoms with Crippen LogP contribution < -0.4 is 10.1 Å². The molecular weight excluding hydrogens is 624 g/mol. The minimum atomic E-state index is 0.0897. The van der Waals surface area contributed by atoms with Crippen LogP contribution in [0.3, 0.4) is 0 Å². The monoisotopic (exact) mass is 676 g/mol. The van der Waals surface area contributed by atoms with Crippen molar-refractivity contribution in [2.75, 3.05) is 25.5 Å². The maximum atomic E-state index is 12.8. The van der Waals surface area contributed by atoms with Crippen LogP contribution in [0.25, 0.3) is 33.2 Å². The summed E-state index contributed by atoms with van der Waals surface area (Å²) in [6.07, 6.45) is 8.01. The Morgan fingerprint density at radius 3 is 2.62 bits per heavy atom. The van der Waals surface area contributed by atoms with E-state index >= 15 is 0 Å². The molecule has 0 spiro atoms. The first-order valence-electron chi connectivity index (χ1n) is 18.1. The molecule has 0 saturated heterocycles. The number of ether oxygens (including phenoxy) is 1. The van der Waals surface area contributed by atoms with Gasteiger partial charge in [-0.25, -0.2) is 4.98 Å². The predicted octanol–water partition coefficient (Wildman–Crippen LogP) is 9.06. The van der Waals surface area contributed by atoms with E-state index in [1.165, 1.54) is 0 Å². The first-order chi connectivity index (χ1) is 24.2. The van der Waals surface area contributed by atoms with E-state index in [0.29, 0.717) is 39.1 Å². The van der Waals surface area contributed by atoms with Crippen LogP contribution in [0.1, 0.15) is 84.5 Å². The smallest absolute Gasteiger partial charge is 0.226 e. The van der Waals surface area contributed by atoms with Gasteiger partial charge in [0.25, 0.3) is 0 Å². The van der Waals surface area contributed by atoms with Crippen molar-refractivity contribution in [1.29, 1.82) is 0 Å². The lowest BCUT2D eigenvalue weighted by Crippen LogP contribution is -2.37. The van der Waals surface area contributed by atoms with Crippen molar-refractivity contribution in [3.63, 3.8) is 0 Å². The number of aliphatic imine (C=N–C) groups is 1. The van der Waals surface area contributed by atoms with Crippen LogP contribution in [0, 0.1) is 0 Å². The Labute approximate surface area is 296 Å². The lowest BCUT2D eigenvalue weighted by atomic mass is 9.92. The van der Waals surface area contributed by atoms with Crippen molar-refractivity contribution in [3.05, 3.63) is 72.2 Å². The van der Waals surface area contributed by atoms with Gasteiger partial charge in [0.1, 0.15) is 18.2 Å². The third-order valence-corrected chi connectivity index (χ3v) is 9.57. The second-order valence-electron chi connectivity index (χ2n) is 13.1. The summed E-state index contributed by atoms with van der Waals surface area (Å²) in [4.78, 5) is 42.3. The second-order valence-corrected chi connectivity index (χ2v) is 13.1. The predicted molar refractivity (Wildman–Crippen MR) is 205 cm³/mol. The molecule has 3 aromatic carbocycles. The van der Waals surface area contributed by atoms with E-state index < -0.39 is 0 Å². The number of imidazole rings is 1. The molecule has 264 valence electrons. The number of aromatic nitrogens is 2. The number of aromatic amines is 1. The number of carbonyl (C=O) groups excluding carboxylic acids is 2. The summed E-state index contributed by atoms with van der Waals surface area (Å²) in [5, 5.41) is 5.46. The molecule has 2 N–H and O–H groups in total. The summed E-state index contributed by atoms with van der Waals surface area (Å²) in [6, 6.07) is 15.0. The number of nitrogens with one attached hydrogen (secondary N) is 2. The quantitative estimate of drug-likeness (QED) is 0.0911. The Morgan fingerprint density at radius 2 is 1.90 bits per heavy atom.